The van der Waals surface area contributed by atoms with Gasteiger partial charge >= 0.3 is 0 Å². The lowest BCUT2D eigenvalue weighted by Crippen LogP contribution is -2.42. The fourth-order valence-electron chi connectivity index (χ4n) is 2.15. The van der Waals surface area contributed by atoms with Gasteiger partial charge in [-0.2, -0.15) is 5.10 Å². The minimum atomic E-state index is -0.723. The van der Waals surface area contributed by atoms with Crippen LogP contribution in [0.2, 0.25) is 0 Å². The van der Waals surface area contributed by atoms with Gasteiger partial charge in [-0.25, -0.2) is 0 Å². The van der Waals surface area contributed by atoms with Gasteiger partial charge in [-0.3, -0.25) is 4.68 Å². The maximum Gasteiger partial charge on any atom is 0.0860 e. The van der Waals surface area contributed by atoms with Crippen LogP contribution in [0.25, 0.3) is 0 Å². The number of aliphatic hydroxyl groups is 2. The van der Waals surface area contributed by atoms with E-state index >= 15 is 0 Å². The normalized spacial score (nSPS) is 16.8. The van der Waals surface area contributed by atoms with Gasteiger partial charge in [0.15, 0.2) is 0 Å². The Bertz CT molecular complexity index is 323. The second-order valence-corrected chi connectivity index (χ2v) is 5.61. The molecule has 0 fully saturated rings. The molecule has 1 rings (SSSR count). The third-order valence-electron chi connectivity index (χ3n) is 2.69. The lowest BCUT2D eigenvalue weighted by Gasteiger charge is -2.26. The van der Waals surface area contributed by atoms with Crippen LogP contribution in [0.4, 0.5) is 0 Å². The first-order valence-corrected chi connectivity index (χ1v) is 6.47. The average Bonchev–Trinajstić information content (AvgIpc) is 2.67. The van der Waals surface area contributed by atoms with E-state index in [0.717, 1.165) is 6.42 Å². The second-order valence-electron chi connectivity index (χ2n) is 5.61. The van der Waals surface area contributed by atoms with E-state index in [9.17, 15) is 10.2 Å². The molecule has 18 heavy (non-hydrogen) atoms. The molecule has 0 aromatic carbocycles. The van der Waals surface area contributed by atoms with Crippen molar-refractivity contribution in [2.24, 2.45) is 5.92 Å². The van der Waals surface area contributed by atoms with Crippen molar-refractivity contribution in [2.45, 2.75) is 45.4 Å². The molecule has 5 nitrogen and oxygen atoms in total. The van der Waals surface area contributed by atoms with Gasteiger partial charge in [0.05, 0.1) is 18.2 Å². The van der Waals surface area contributed by atoms with E-state index in [1.807, 2.05) is 19.2 Å². The number of rotatable bonds is 8. The minimum absolute atomic E-state index is 0.452. The van der Waals surface area contributed by atoms with E-state index in [2.05, 4.69) is 24.3 Å². The smallest absolute Gasteiger partial charge is 0.0860 e. The summed E-state index contributed by atoms with van der Waals surface area (Å²) < 4.78 is 1.69. The van der Waals surface area contributed by atoms with Crippen LogP contribution in [0.1, 0.15) is 27.2 Å². The van der Waals surface area contributed by atoms with E-state index < -0.39 is 11.7 Å². The zero-order valence-corrected chi connectivity index (χ0v) is 11.5. The predicted molar refractivity (Wildman–Crippen MR) is 71.2 cm³/mol. The molecule has 0 spiro atoms. The molecule has 0 saturated heterocycles. The molecule has 0 aliphatic rings. The zero-order valence-electron chi connectivity index (χ0n) is 11.5. The Morgan fingerprint density at radius 2 is 2.17 bits per heavy atom. The van der Waals surface area contributed by atoms with Crippen LogP contribution in [0.5, 0.6) is 0 Å². The van der Waals surface area contributed by atoms with Crippen LogP contribution in [0.15, 0.2) is 18.5 Å². The molecule has 0 radical (unpaired) electrons. The first-order chi connectivity index (χ1) is 8.39. The topological polar surface area (TPSA) is 70.3 Å². The Hall–Kier alpha value is -0.910. The second kappa shape index (κ2) is 6.87. The predicted octanol–water partition coefficient (Wildman–Crippen LogP) is 0.631. The number of nitrogens with one attached hydrogen (secondary N) is 1. The van der Waals surface area contributed by atoms with Gasteiger partial charge in [0.1, 0.15) is 0 Å². The molecule has 1 aromatic heterocycles. The Kier molecular flexibility index (Phi) is 5.78. The molecular formula is C13H25N3O2. The Morgan fingerprint density at radius 1 is 1.44 bits per heavy atom. The summed E-state index contributed by atoms with van der Waals surface area (Å²) >= 11 is 0. The van der Waals surface area contributed by atoms with Crippen LogP contribution < -0.4 is 5.32 Å². The molecule has 0 aliphatic carbocycles. The van der Waals surface area contributed by atoms with Crippen molar-refractivity contribution < 1.29 is 10.2 Å². The lowest BCUT2D eigenvalue weighted by molar-refractivity contribution is 0.0345. The van der Waals surface area contributed by atoms with Crippen LogP contribution in [-0.2, 0) is 6.54 Å². The Labute approximate surface area is 109 Å². The third kappa shape index (κ3) is 6.14. The molecule has 1 heterocycles. The number of aliphatic hydroxyl groups excluding tert-OH is 1. The van der Waals surface area contributed by atoms with Gasteiger partial charge < -0.3 is 15.5 Å². The summed E-state index contributed by atoms with van der Waals surface area (Å²) in [7, 11) is 0. The molecule has 1 aromatic rings. The number of nitrogens with zero attached hydrogens (tertiary/aromatic N) is 2. The van der Waals surface area contributed by atoms with Crippen molar-refractivity contribution in [3.63, 3.8) is 0 Å². The fraction of sp³-hybridized carbons (Fsp3) is 0.769. The van der Waals surface area contributed by atoms with Gasteiger partial charge in [0, 0.05) is 25.5 Å². The maximum atomic E-state index is 10.1. The molecule has 0 bridgehead atoms. The van der Waals surface area contributed by atoms with E-state index in [-0.39, 0.29) is 0 Å². The summed E-state index contributed by atoms with van der Waals surface area (Å²) in [6.45, 7) is 7.39. The van der Waals surface area contributed by atoms with E-state index in [1.54, 1.807) is 10.9 Å². The van der Waals surface area contributed by atoms with Crippen molar-refractivity contribution >= 4 is 0 Å². The molecule has 0 amide bonds. The van der Waals surface area contributed by atoms with Crippen LogP contribution in [-0.4, -0.2) is 44.8 Å². The molecule has 2 atom stereocenters. The number of aromatic nitrogens is 2. The summed E-state index contributed by atoms with van der Waals surface area (Å²) in [6.07, 6.45) is 3.75. The summed E-state index contributed by atoms with van der Waals surface area (Å²) in [5.41, 5.74) is -0.723. The van der Waals surface area contributed by atoms with Gasteiger partial charge in [-0.1, -0.05) is 13.8 Å². The number of hydrogen-bond donors (Lipinski definition) is 3. The molecule has 5 heteroatoms. The highest BCUT2D eigenvalue weighted by Gasteiger charge is 2.21. The van der Waals surface area contributed by atoms with Crippen LogP contribution in [0, 0.1) is 5.92 Å². The highest BCUT2D eigenvalue weighted by molar-refractivity contribution is 4.80. The van der Waals surface area contributed by atoms with Gasteiger partial charge in [-0.05, 0) is 25.3 Å². The summed E-state index contributed by atoms with van der Waals surface area (Å²) in [5.74, 6) is 0.454. The molecule has 104 valence electrons. The molecular weight excluding hydrogens is 230 g/mol. The largest absolute Gasteiger partial charge is 0.390 e. The molecule has 3 N–H and O–H groups in total. The highest BCUT2D eigenvalue weighted by atomic mass is 16.3. The molecule has 0 saturated carbocycles. The molecule has 0 aliphatic heterocycles. The lowest BCUT2D eigenvalue weighted by atomic mass is 9.94. The van der Waals surface area contributed by atoms with Gasteiger partial charge in [0.2, 0.25) is 0 Å². The summed E-state index contributed by atoms with van der Waals surface area (Å²) in [5, 5.41) is 27.0. The SMILES string of the molecule is CC(C)CC(C)(O)CNCC(O)Cn1cccn1. The van der Waals surface area contributed by atoms with Crippen LogP contribution >= 0.6 is 0 Å². The standard InChI is InChI=1S/C13H25N3O2/c1-11(2)7-13(3,18)10-14-8-12(17)9-16-6-4-5-15-16/h4-6,11-12,14,17-18H,7-10H2,1-3H3. The Morgan fingerprint density at radius 3 is 2.72 bits per heavy atom. The monoisotopic (exact) mass is 255 g/mol. The maximum absolute atomic E-state index is 10.1. The van der Waals surface area contributed by atoms with Gasteiger partial charge in [0.25, 0.3) is 0 Å². The van der Waals surface area contributed by atoms with Crippen molar-refractivity contribution in [1.29, 1.82) is 0 Å². The average molecular weight is 255 g/mol. The first-order valence-electron chi connectivity index (χ1n) is 6.47. The van der Waals surface area contributed by atoms with E-state index in [4.69, 9.17) is 0 Å². The fourth-order valence-corrected chi connectivity index (χ4v) is 2.15. The summed E-state index contributed by atoms with van der Waals surface area (Å²) in [6, 6.07) is 1.83. The highest BCUT2D eigenvalue weighted by Crippen LogP contribution is 2.14. The molecule has 2 unspecified atom stereocenters. The van der Waals surface area contributed by atoms with E-state index in [0.29, 0.717) is 25.6 Å². The van der Waals surface area contributed by atoms with Crippen molar-refractivity contribution in [3.05, 3.63) is 18.5 Å². The summed E-state index contributed by atoms with van der Waals surface area (Å²) in [4.78, 5) is 0. The number of hydrogen-bond acceptors (Lipinski definition) is 4. The quantitative estimate of drug-likeness (QED) is 0.637. The first kappa shape index (κ1) is 15.1. The minimum Gasteiger partial charge on any atom is -0.390 e. The van der Waals surface area contributed by atoms with Crippen molar-refractivity contribution in [2.75, 3.05) is 13.1 Å². The van der Waals surface area contributed by atoms with Crippen LogP contribution in [0.3, 0.4) is 0 Å². The van der Waals surface area contributed by atoms with E-state index in [1.165, 1.54) is 0 Å². The van der Waals surface area contributed by atoms with Crippen molar-refractivity contribution in [3.8, 4) is 0 Å². The van der Waals surface area contributed by atoms with Crippen molar-refractivity contribution in [1.82, 2.24) is 15.1 Å². The Balaban J connectivity index is 2.20. The third-order valence-corrected chi connectivity index (χ3v) is 2.69. The van der Waals surface area contributed by atoms with Gasteiger partial charge in [-0.15, -0.1) is 0 Å². The zero-order chi connectivity index (χ0) is 13.6.